The van der Waals surface area contributed by atoms with Crippen LogP contribution in [0.1, 0.15) is 54.7 Å². The molecule has 1 saturated carbocycles. The number of ether oxygens (including phenoxy) is 1. The maximum atomic E-state index is 13.4. The second-order valence-electron chi connectivity index (χ2n) is 9.35. The number of carbonyl (C=O) groups is 2. The Hall–Kier alpha value is -2.40. The molecule has 2 N–H and O–H groups in total. The lowest BCUT2D eigenvalue weighted by atomic mass is 10.1. The van der Waals surface area contributed by atoms with Gasteiger partial charge in [-0.05, 0) is 38.5 Å². The summed E-state index contributed by atoms with van der Waals surface area (Å²) in [7, 11) is 0. The van der Waals surface area contributed by atoms with Crippen LogP contribution in [0, 0.1) is 0 Å². The molecular formula is C23H24BrF2N3O4S. The number of halogens is 3. The minimum absolute atomic E-state index is 0.132. The van der Waals surface area contributed by atoms with Gasteiger partial charge < -0.3 is 19.9 Å². The first-order valence-corrected chi connectivity index (χ1v) is 12.4. The molecule has 2 aliphatic rings. The normalized spacial score (nSPS) is 20.4. The summed E-state index contributed by atoms with van der Waals surface area (Å²) in [4.78, 5) is 39.1. The van der Waals surface area contributed by atoms with E-state index in [1.807, 2.05) is 24.3 Å². The number of carbonyl (C=O) groups excluding carboxylic acids is 2. The molecule has 11 heteroatoms. The molecule has 0 radical (unpaired) electrons. The molecule has 1 aromatic carbocycles. The molecule has 0 spiro atoms. The van der Waals surface area contributed by atoms with E-state index in [0.29, 0.717) is 10.6 Å². The molecule has 0 saturated heterocycles. The third-order valence-electron chi connectivity index (χ3n) is 5.34. The Morgan fingerprint density at radius 3 is 2.47 bits per heavy atom. The minimum Gasteiger partial charge on any atom is -0.444 e. The number of hydrogen-bond donors (Lipinski definition) is 2. The fourth-order valence-electron chi connectivity index (χ4n) is 3.62. The average Bonchev–Trinajstić information content (AvgIpc) is 3.12. The van der Waals surface area contributed by atoms with Crippen molar-refractivity contribution in [3.63, 3.8) is 0 Å². The van der Waals surface area contributed by atoms with Gasteiger partial charge in [0.05, 0.1) is 29.8 Å². The van der Waals surface area contributed by atoms with Gasteiger partial charge in [0.2, 0.25) is 0 Å². The molecule has 4 rings (SSSR count). The summed E-state index contributed by atoms with van der Waals surface area (Å²) in [5.41, 5.74) is 0.110. The first kappa shape index (κ1) is 24.7. The molecule has 1 fully saturated rings. The lowest BCUT2D eigenvalue weighted by molar-refractivity contribution is 0.0508. The lowest BCUT2D eigenvalue weighted by Crippen LogP contribution is -2.38. The van der Waals surface area contributed by atoms with Crippen molar-refractivity contribution in [2.75, 3.05) is 5.75 Å². The number of hydrogen-bond acceptors (Lipinski definition) is 5. The van der Waals surface area contributed by atoms with E-state index in [1.54, 1.807) is 20.8 Å². The number of amides is 2. The number of alkyl halides is 2. The van der Waals surface area contributed by atoms with Crippen molar-refractivity contribution < 1.29 is 23.1 Å². The molecular weight excluding hydrogens is 532 g/mol. The molecule has 1 aliphatic carbocycles. The van der Waals surface area contributed by atoms with Crippen LogP contribution in [0.2, 0.25) is 0 Å². The Kier molecular flexibility index (Phi) is 6.54. The van der Waals surface area contributed by atoms with E-state index in [-0.39, 0.29) is 23.2 Å². The molecule has 2 amide bonds. The second kappa shape index (κ2) is 8.99. The SMILES string of the molecule is CC(C)(C)OC(=O)N[C@H]1CSc2c(C(=O)NC3CC3(F)F)cn(Cc3ccc(Br)cc3)c(=O)c21. The highest BCUT2D eigenvalue weighted by Gasteiger charge is 2.58. The highest BCUT2D eigenvalue weighted by Crippen LogP contribution is 2.43. The molecule has 182 valence electrons. The van der Waals surface area contributed by atoms with Gasteiger partial charge >= 0.3 is 6.09 Å². The van der Waals surface area contributed by atoms with E-state index in [1.165, 1.54) is 22.5 Å². The zero-order chi connectivity index (χ0) is 24.8. The van der Waals surface area contributed by atoms with Crippen LogP contribution in [0.4, 0.5) is 13.6 Å². The summed E-state index contributed by atoms with van der Waals surface area (Å²) < 4.78 is 34.4. The number of aromatic nitrogens is 1. The summed E-state index contributed by atoms with van der Waals surface area (Å²) >= 11 is 4.60. The lowest BCUT2D eigenvalue weighted by Gasteiger charge is -2.22. The third kappa shape index (κ3) is 5.46. The maximum Gasteiger partial charge on any atom is 0.408 e. The van der Waals surface area contributed by atoms with E-state index in [4.69, 9.17) is 4.74 Å². The number of thioether (sulfide) groups is 1. The van der Waals surface area contributed by atoms with Gasteiger partial charge in [-0.1, -0.05) is 28.1 Å². The molecule has 0 bridgehead atoms. The maximum absolute atomic E-state index is 13.4. The van der Waals surface area contributed by atoms with Crippen LogP contribution >= 0.6 is 27.7 Å². The van der Waals surface area contributed by atoms with Crippen LogP contribution in [0.3, 0.4) is 0 Å². The second-order valence-corrected chi connectivity index (χ2v) is 11.3. The number of nitrogens with one attached hydrogen (secondary N) is 2. The van der Waals surface area contributed by atoms with Gasteiger partial charge in [-0.25, -0.2) is 13.6 Å². The smallest absolute Gasteiger partial charge is 0.408 e. The molecule has 2 aromatic rings. The van der Waals surface area contributed by atoms with E-state index >= 15 is 0 Å². The van der Waals surface area contributed by atoms with Gasteiger partial charge in [-0.3, -0.25) is 9.59 Å². The largest absolute Gasteiger partial charge is 0.444 e. The minimum atomic E-state index is -2.92. The Labute approximate surface area is 207 Å². The fraction of sp³-hybridized carbons (Fsp3) is 0.435. The predicted octanol–water partition coefficient (Wildman–Crippen LogP) is 4.47. The molecule has 2 atom stereocenters. The summed E-state index contributed by atoms with van der Waals surface area (Å²) in [6.07, 6.45) is 0.314. The number of alkyl carbamates (subject to hydrolysis) is 1. The van der Waals surface area contributed by atoms with Crippen molar-refractivity contribution in [2.45, 2.75) is 62.2 Å². The zero-order valence-corrected chi connectivity index (χ0v) is 21.2. The Bertz CT molecular complexity index is 1190. The quantitative estimate of drug-likeness (QED) is 0.568. The van der Waals surface area contributed by atoms with Crippen molar-refractivity contribution in [1.29, 1.82) is 0 Å². The van der Waals surface area contributed by atoms with Gasteiger partial charge in [-0.15, -0.1) is 11.8 Å². The Balaban J connectivity index is 1.70. The summed E-state index contributed by atoms with van der Waals surface area (Å²) in [6, 6.07) is 5.43. The number of fused-ring (bicyclic) bond motifs is 1. The van der Waals surface area contributed by atoms with Gasteiger partial charge in [0.15, 0.2) is 0 Å². The van der Waals surface area contributed by atoms with Crippen LogP contribution in [-0.2, 0) is 11.3 Å². The fourth-order valence-corrected chi connectivity index (χ4v) is 5.15. The van der Waals surface area contributed by atoms with E-state index < -0.39 is 42.0 Å². The van der Waals surface area contributed by atoms with Gasteiger partial charge in [0.1, 0.15) is 5.60 Å². The molecule has 1 aliphatic heterocycles. The Morgan fingerprint density at radius 2 is 1.88 bits per heavy atom. The molecule has 2 heterocycles. The van der Waals surface area contributed by atoms with Gasteiger partial charge in [0, 0.05) is 27.7 Å². The number of pyridine rings is 1. The van der Waals surface area contributed by atoms with Crippen molar-refractivity contribution in [2.24, 2.45) is 0 Å². The van der Waals surface area contributed by atoms with E-state index in [9.17, 15) is 23.2 Å². The molecule has 1 unspecified atom stereocenters. The predicted molar refractivity (Wildman–Crippen MR) is 128 cm³/mol. The first-order valence-electron chi connectivity index (χ1n) is 10.7. The van der Waals surface area contributed by atoms with Crippen molar-refractivity contribution >= 4 is 39.7 Å². The van der Waals surface area contributed by atoms with Crippen LogP contribution in [0.15, 0.2) is 44.6 Å². The third-order valence-corrected chi connectivity index (χ3v) is 7.10. The van der Waals surface area contributed by atoms with Crippen molar-refractivity contribution in [3.8, 4) is 0 Å². The van der Waals surface area contributed by atoms with E-state index in [2.05, 4.69) is 26.6 Å². The molecule has 1 aromatic heterocycles. The van der Waals surface area contributed by atoms with Crippen molar-refractivity contribution in [1.82, 2.24) is 15.2 Å². The van der Waals surface area contributed by atoms with Crippen LogP contribution < -0.4 is 16.2 Å². The van der Waals surface area contributed by atoms with Crippen LogP contribution in [0.5, 0.6) is 0 Å². The highest BCUT2D eigenvalue weighted by molar-refractivity contribution is 9.10. The van der Waals surface area contributed by atoms with Crippen LogP contribution in [0.25, 0.3) is 0 Å². The zero-order valence-electron chi connectivity index (χ0n) is 18.8. The number of nitrogens with zero attached hydrogens (tertiary/aromatic N) is 1. The number of benzene rings is 1. The Morgan fingerprint density at radius 1 is 1.24 bits per heavy atom. The van der Waals surface area contributed by atoms with Gasteiger partial charge in [0.25, 0.3) is 17.4 Å². The van der Waals surface area contributed by atoms with E-state index in [0.717, 1.165) is 10.0 Å². The average molecular weight is 556 g/mol. The van der Waals surface area contributed by atoms with Gasteiger partial charge in [-0.2, -0.15) is 0 Å². The molecule has 7 nitrogen and oxygen atoms in total. The highest BCUT2D eigenvalue weighted by atomic mass is 79.9. The standard InChI is InChI=1S/C23H24BrF2N3O4S/c1-22(2,3)33-21(32)27-15-11-34-18-14(19(30)28-16-8-23(16,25)26)10-29(20(31)17(15)18)9-12-4-6-13(24)7-5-12/h4-7,10,15-16H,8-9,11H2,1-3H3,(H,27,32)(H,28,30)/t15-,16?/m0/s1. The summed E-state index contributed by atoms with van der Waals surface area (Å²) in [5.74, 6) is -3.28. The van der Waals surface area contributed by atoms with Crippen molar-refractivity contribution in [3.05, 3.63) is 62.0 Å². The topological polar surface area (TPSA) is 89.4 Å². The van der Waals surface area contributed by atoms with Crippen LogP contribution in [-0.4, -0.2) is 39.9 Å². The monoisotopic (exact) mass is 555 g/mol. The first-order chi connectivity index (χ1) is 15.8. The summed E-state index contributed by atoms with van der Waals surface area (Å²) in [6.45, 7) is 5.35. The number of rotatable bonds is 5. The molecule has 34 heavy (non-hydrogen) atoms. The summed E-state index contributed by atoms with van der Waals surface area (Å²) in [5, 5.41) is 5.07.